The standard InChI is InChI=1S/C11H20O6S2.C8H16O5S/c12-5-11(6-13,7-16-9(14)1-3-18)8-17-10(15)2-4-19;9-3-8(4-10,5-11)6-13-7(12)1-2-14/h12-13,18-19H,1-8H2;9-11,14H,1-6H2. The highest BCUT2D eigenvalue weighted by molar-refractivity contribution is 7.80. The number of ether oxygens (including phenoxy) is 3. The summed E-state index contributed by atoms with van der Waals surface area (Å²) in [5, 5.41) is 45.3. The van der Waals surface area contributed by atoms with Crippen molar-refractivity contribution in [2.75, 3.05) is 70.1 Å². The van der Waals surface area contributed by atoms with E-state index in [4.69, 9.17) is 29.5 Å². The minimum Gasteiger partial charge on any atom is -0.465 e. The van der Waals surface area contributed by atoms with Crippen molar-refractivity contribution in [3.63, 3.8) is 0 Å². The molecule has 0 rings (SSSR count). The first-order chi connectivity index (χ1) is 15.7. The lowest BCUT2D eigenvalue weighted by molar-refractivity contribution is -0.158. The number of carbonyl (C=O) groups is 3. The summed E-state index contributed by atoms with van der Waals surface area (Å²) in [6, 6.07) is 0. The van der Waals surface area contributed by atoms with E-state index in [0.717, 1.165) is 0 Å². The predicted molar refractivity (Wildman–Crippen MR) is 129 cm³/mol. The van der Waals surface area contributed by atoms with Crippen LogP contribution >= 0.6 is 37.9 Å². The van der Waals surface area contributed by atoms with Crippen molar-refractivity contribution < 1.29 is 54.1 Å². The maximum absolute atomic E-state index is 11.2. The van der Waals surface area contributed by atoms with Crippen LogP contribution in [0.2, 0.25) is 0 Å². The third-order valence-corrected chi connectivity index (χ3v) is 4.91. The van der Waals surface area contributed by atoms with Gasteiger partial charge in [-0.3, -0.25) is 14.4 Å². The van der Waals surface area contributed by atoms with Gasteiger partial charge in [-0.2, -0.15) is 37.9 Å². The van der Waals surface area contributed by atoms with Gasteiger partial charge >= 0.3 is 17.9 Å². The van der Waals surface area contributed by atoms with Crippen LogP contribution in [0.4, 0.5) is 0 Å². The molecule has 0 aromatic heterocycles. The first-order valence-corrected chi connectivity index (χ1v) is 11.9. The number of carbonyl (C=O) groups excluding carboxylic acids is 3. The molecule has 0 atom stereocenters. The summed E-state index contributed by atoms with van der Waals surface area (Å²) in [5.41, 5.74) is -2.33. The molecule has 196 valence electrons. The van der Waals surface area contributed by atoms with E-state index in [0.29, 0.717) is 17.3 Å². The number of hydrogen-bond acceptors (Lipinski definition) is 14. The molecule has 0 fully saturated rings. The van der Waals surface area contributed by atoms with E-state index in [9.17, 15) is 24.6 Å². The molecule has 0 unspecified atom stereocenters. The Morgan fingerprint density at radius 3 is 0.970 bits per heavy atom. The average Bonchev–Trinajstić information content (AvgIpc) is 2.82. The molecule has 0 aliphatic rings. The second-order valence-electron chi connectivity index (χ2n) is 7.19. The van der Waals surface area contributed by atoms with E-state index in [1.165, 1.54) is 0 Å². The van der Waals surface area contributed by atoms with Gasteiger partial charge in [0.15, 0.2) is 0 Å². The van der Waals surface area contributed by atoms with Gasteiger partial charge in [0.05, 0.1) is 63.1 Å². The second kappa shape index (κ2) is 20.6. The zero-order chi connectivity index (χ0) is 25.8. The van der Waals surface area contributed by atoms with Crippen LogP contribution in [0.15, 0.2) is 0 Å². The average molecular weight is 537 g/mol. The minimum absolute atomic E-state index is 0.134. The van der Waals surface area contributed by atoms with Crippen LogP contribution in [0.5, 0.6) is 0 Å². The summed E-state index contributed by atoms with van der Waals surface area (Å²) < 4.78 is 14.6. The van der Waals surface area contributed by atoms with Gasteiger partial charge in [0.25, 0.3) is 0 Å². The van der Waals surface area contributed by atoms with Gasteiger partial charge in [-0.15, -0.1) is 0 Å². The molecular formula is C19H36O11S3. The topological polar surface area (TPSA) is 180 Å². The zero-order valence-corrected chi connectivity index (χ0v) is 21.1. The molecule has 14 heteroatoms. The van der Waals surface area contributed by atoms with Gasteiger partial charge in [0, 0.05) is 17.3 Å². The Morgan fingerprint density at radius 1 is 0.515 bits per heavy atom. The quantitative estimate of drug-likeness (QED) is 0.0616. The molecule has 0 aliphatic carbocycles. The number of aliphatic hydroxyl groups is 5. The first-order valence-electron chi connectivity index (χ1n) is 10.0. The monoisotopic (exact) mass is 536 g/mol. The van der Waals surface area contributed by atoms with Gasteiger partial charge in [0.1, 0.15) is 19.8 Å². The molecular weight excluding hydrogens is 500 g/mol. The van der Waals surface area contributed by atoms with Crippen molar-refractivity contribution in [3.8, 4) is 0 Å². The fourth-order valence-corrected chi connectivity index (χ4v) is 2.30. The Bertz CT molecular complexity index is 509. The van der Waals surface area contributed by atoms with Gasteiger partial charge in [0.2, 0.25) is 0 Å². The van der Waals surface area contributed by atoms with Crippen molar-refractivity contribution in [2.24, 2.45) is 10.8 Å². The summed E-state index contributed by atoms with van der Waals surface area (Å²) in [6.45, 7) is -2.88. The lowest BCUT2D eigenvalue weighted by atomic mass is 9.92. The van der Waals surface area contributed by atoms with E-state index < -0.39 is 61.8 Å². The van der Waals surface area contributed by atoms with Crippen LogP contribution in [0.25, 0.3) is 0 Å². The van der Waals surface area contributed by atoms with Gasteiger partial charge in [-0.1, -0.05) is 0 Å². The maximum atomic E-state index is 11.2. The lowest BCUT2D eigenvalue weighted by Gasteiger charge is -2.28. The molecule has 0 amide bonds. The summed E-state index contributed by atoms with van der Waals surface area (Å²) in [6.07, 6.45) is 0.437. The molecule has 0 aliphatic heterocycles. The molecule has 0 saturated carbocycles. The van der Waals surface area contributed by atoms with Crippen LogP contribution in [0.1, 0.15) is 19.3 Å². The van der Waals surface area contributed by atoms with Crippen LogP contribution < -0.4 is 0 Å². The molecule has 5 N–H and O–H groups in total. The van der Waals surface area contributed by atoms with Crippen molar-refractivity contribution in [1.29, 1.82) is 0 Å². The lowest BCUT2D eigenvalue weighted by Crippen LogP contribution is -2.41. The molecule has 0 radical (unpaired) electrons. The van der Waals surface area contributed by atoms with Crippen LogP contribution in [0.3, 0.4) is 0 Å². The largest absolute Gasteiger partial charge is 0.465 e. The Kier molecular flexibility index (Phi) is 21.5. The fraction of sp³-hybridized carbons (Fsp3) is 0.842. The Labute approximate surface area is 210 Å². The number of aliphatic hydroxyl groups excluding tert-OH is 5. The second-order valence-corrected chi connectivity index (χ2v) is 8.54. The molecule has 11 nitrogen and oxygen atoms in total. The van der Waals surface area contributed by atoms with Crippen molar-refractivity contribution in [1.82, 2.24) is 0 Å². The maximum Gasteiger partial charge on any atom is 0.306 e. The molecule has 0 bridgehead atoms. The Hall–Kier alpha value is -0.740. The van der Waals surface area contributed by atoms with Crippen LogP contribution in [-0.4, -0.2) is 114 Å². The third-order valence-electron chi connectivity index (χ3n) is 4.24. The van der Waals surface area contributed by atoms with Gasteiger partial charge in [-0.05, 0) is 0 Å². The van der Waals surface area contributed by atoms with E-state index in [1.807, 2.05) is 0 Å². The van der Waals surface area contributed by atoms with Crippen LogP contribution in [0, 0.1) is 10.8 Å². The fourth-order valence-electron chi connectivity index (χ4n) is 1.75. The zero-order valence-electron chi connectivity index (χ0n) is 18.4. The SMILES string of the molecule is O=C(CCS)OCC(CO)(CO)CO.O=C(CCS)OCC(CO)(CO)COC(=O)CCS. The van der Waals surface area contributed by atoms with Gasteiger partial charge in [-0.25, -0.2) is 0 Å². The smallest absolute Gasteiger partial charge is 0.306 e. The minimum atomic E-state index is -1.18. The molecule has 0 aromatic carbocycles. The molecule has 33 heavy (non-hydrogen) atoms. The summed E-state index contributed by atoms with van der Waals surface area (Å²) in [5.74, 6) is -0.351. The Balaban J connectivity index is 0. The molecule has 0 spiro atoms. The first kappa shape index (κ1) is 34.4. The molecule has 0 aromatic rings. The molecule has 0 saturated heterocycles. The normalized spacial score (nSPS) is 11.3. The predicted octanol–water partition coefficient (Wildman–Crippen LogP) is -1.50. The van der Waals surface area contributed by atoms with E-state index in [-0.39, 0.29) is 39.1 Å². The Morgan fingerprint density at radius 2 is 0.758 bits per heavy atom. The van der Waals surface area contributed by atoms with Crippen LogP contribution in [-0.2, 0) is 28.6 Å². The third kappa shape index (κ3) is 15.7. The molecule has 0 heterocycles. The van der Waals surface area contributed by atoms with Gasteiger partial charge < -0.3 is 39.7 Å². The highest BCUT2D eigenvalue weighted by Gasteiger charge is 2.33. The summed E-state index contributed by atoms with van der Waals surface area (Å²) in [4.78, 5) is 33.3. The van der Waals surface area contributed by atoms with Crippen molar-refractivity contribution >= 4 is 55.8 Å². The number of rotatable bonds is 17. The highest BCUT2D eigenvalue weighted by atomic mass is 32.1. The number of esters is 3. The van der Waals surface area contributed by atoms with E-state index in [2.05, 4.69) is 37.9 Å². The van der Waals surface area contributed by atoms with Crippen molar-refractivity contribution in [2.45, 2.75) is 19.3 Å². The number of thiol groups is 3. The summed E-state index contributed by atoms with van der Waals surface area (Å²) in [7, 11) is 0. The van der Waals surface area contributed by atoms with E-state index in [1.54, 1.807) is 0 Å². The van der Waals surface area contributed by atoms with E-state index >= 15 is 0 Å². The summed E-state index contributed by atoms with van der Waals surface area (Å²) >= 11 is 11.6. The van der Waals surface area contributed by atoms with Crippen molar-refractivity contribution in [3.05, 3.63) is 0 Å². The highest BCUT2D eigenvalue weighted by Crippen LogP contribution is 2.18. The number of hydrogen-bond donors (Lipinski definition) is 8.